The van der Waals surface area contributed by atoms with E-state index in [4.69, 9.17) is 10.5 Å². The Morgan fingerprint density at radius 2 is 2.42 bits per heavy atom. The molecule has 4 nitrogen and oxygen atoms in total. The lowest BCUT2D eigenvalue weighted by Crippen LogP contribution is -2.31. The van der Waals surface area contributed by atoms with Gasteiger partial charge in [-0.3, -0.25) is 0 Å². The van der Waals surface area contributed by atoms with E-state index in [1.807, 2.05) is 0 Å². The summed E-state index contributed by atoms with van der Waals surface area (Å²) in [6.45, 7) is 1.56. The second-order valence-electron chi connectivity index (χ2n) is 2.38. The average Bonchev–Trinajstić information content (AvgIpc) is 2.06. The third-order valence-corrected chi connectivity index (χ3v) is 1.21. The van der Waals surface area contributed by atoms with Crippen LogP contribution in [0.1, 0.15) is 6.92 Å². The molecule has 1 atom stereocenters. The molecule has 0 saturated carbocycles. The molecule has 12 heavy (non-hydrogen) atoms. The lowest BCUT2D eigenvalue weighted by molar-refractivity contribution is -0.135. The zero-order chi connectivity index (χ0) is 8.97. The molecule has 0 saturated heterocycles. The van der Waals surface area contributed by atoms with Crippen LogP contribution in [0.5, 0.6) is 5.88 Å². The van der Waals surface area contributed by atoms with E-state index in [2.05, 4.69) is 4.98 Å². The van der Waals surface area contributed by atoms with E-state index in [1.54, 1.807) is 31.3 Å². The van der Waals surface area contributed by atoms with E-state index < -0.39 is 12.0 Å². The summed E-state index contributed by atoms with van der Waals surface area (Å²) < 4.78 is 4.80. The number of nitrogens with zero attached hydrogens (tertiary/aromatic N) is 1. The first-order chi connectivity index (χ1) is 5.70. The van der Waals surface area contributed by atoms with Gasteiger partial charge < -0.3 is 10.5 Å². The van der Waals surface area contributed by atoms with Gasteiger partial charge in [-0.2, -0.15) is 0 Å². The van der Waals surface area contributed by atoms with Crippen LogP contribution in [0.25, 0.3) is 0 Å². The van der Waals surface area contributed by atoms with Crippen molar-refractivity contribution in [1.82, 2.24) is 4.98 Å². The van der Waals surface area contributed by atoms with E-state index in [0.717, 1.165) is 0 Å². The van der Waals surface area contributed by atoms with Gasteiger partial charge in [-0.1, -0.05) is 6.07 Å². The number of hydrogen-bond donors (Lipinski definition) is 1. The van der Waals surface area contributed by atoms with Crippen molar-refractivity contribution in [2.75, 3.05) is 0 Å². The maximum Gasteiger partial charge on any atom is 0.329 e. The summed E-state index contributed by atoms with van der Waals surface area (Å²) in [6.07, 6.45) is 1.55. The van der Waals surface area contributed by atoms with Gasteiger partial charge >= 0.3 is 5.97 Å². The first-order valence-electron chi connectivity index (χ1n) is 3.58. The summed E-state index contributed by atoms with van der Waals surface area (Å²) in [5.41, 5.74) is 5.28. The van der Waals surface area contributed by atoms with Crippen LogP contribution in [0, 0.1) is 0 Å². The van der Waals surface area contributed by atoms with Crippen LogP contribution >= 0.6 is 0 Å². The number of pyridine rings is 1. The molecule has 1 aromatic heterocycles. The van der Waals surface area contributed by atoms with E-state index >= 15 is 0 Å². The van der Waals surface area contributed by atoms with Crippen molar-refractivity contribution in [1.29, 1.82) is 0 Å². The molecule has 0 aliphatic carbocycles. The topological polar surface area (TPSA) is 65.2 Å². The molecule has 0 amide bonds. The van der Waals surface area contributed by atoms with Crippen LogP contribution in [-0.4, -0.2) is 17.0 Å². The summed E-state index contributed by atoms with van der Waals surface area (Å²) in [6, 6.07) is 4.45. The van der Waals surface area contributed by atoms with Gasteiger partial charge in [0.25, 0.3) is 0 Å². The van der Waals surface area contributed by atoms with Crippen molar-refractivity contribution >= 4 is 5.97 Å². The Balaban J connectivity index is 2.59. The molecule has 2 N–H and O–H groups in total. The number of aromatic nitrogens is 1. The molecule has 0 aliphatic rings. The minimum absolute atomic E-state index is 0.278. The molecule has 0 spiro atoms. The Morgan fingerprint density at radius 1 is 1.67 bits per heavy atom. The predicted molar refractivity (Wildman–Crippen MR) is 43.5 cm³/mol. The largest absolute Gasteiger partial charge is 0.406 e. The maximum absolute atomic E-state index is 10.9. The van der Waals surface area contributed by atoms with E-state index in [-0.39, 0.29) is 5.88 Å². The van der Waals surface area contributed by atoms with Gasteiger partial charge in [0.2, 0.25) is 5.88 Å². The number of ether oxygens (including phenoxy) is 1. The Bertz CT molecular complexity index is 259. The normalized spacial score (nSPS) is 12.2. The number of nitrogens with two attached hydrogens (primary N) is 1. The molecular weight excluding hydrogens is 156 g/mol. The molecule has 0 bridgehead atoms. The van der Waals surface area contributed by atoms with E-state index in [0.29, 0.717) is 0 Å². The average molecular weight is 166 g/mol. The van der Waals surface area contributed by atoms with Crippen molar-refractivity contribution in [3.8, 4) is 5.88 Å². The Hall–Kier alpha value is -1.42. The highest BCUT2D eigenvalue weighted by molar-refractivity contribution is 5.77. The molecule has 0 unspecified atom stereocenters. The second kappa shape index (κ2) is 3.82. The molecule has 1 rings (SSSR count). The Labute approximate surface area is 70.4 Å². The molecule has 0 radical (unpaired) electrons. The van der Waals surface area contributed by atoms with E-state index in [1.165, 1.54) is 0 Å². The highest BCUT2D eigenvalue weighted by Gasteiger charge is 2.09. The molecule has 0 fully saturated rings. The smallest absolute Gasteiger partial charge is 0.329 e. The van der Waals surface area contributed by atoms with Crippen molar-refractivity contribution in [3.63, 3.8) is 0 Å². The van der Waals surface area contributed by atoms with Gasteiger partial charge in [-0.15, -0.1) is 0 Å². The Kier molecular flexibility index (Phi) is 2.76. The number of esters is 1. The van der Waals surface area contributed by atoms with Crippen LogP contribution in [-0.2, 0) is 4.79 Å². The van der Waals surface area contributed by atoms with Gasteiger partial charge in [-0.25, -0.2) is 9.78 Å². The summed E-state index contributed by atoms with van der Waals surface area (Å²) in [7, 11) is 0. The lowest BCUT2D eigenvalue weighted by Gasteiger charge is -2.04. The SMILES string of the molecule is C[C@H](N)C(=O)Oc1ccccn1. The van der Waals surface area contributed by atoms with Crippen LogP contribution in [0.4, 0.5) is 0 Å². The Morgan fingerprint density at radius 3 is 2.92 bits per heavy atom. The fourth-order valence-corrected chi connectivity index (χ4v) is 0.603. The van der Waals surface area contributed by atoms with Crippen LogP contribution in [0.15, 0.2) is 24.4 Å². The van der Waals surface area contributed by atoms with Crippen molar-refractivity contribution in [3.05, 3.63) is 24.4 Å². The van der Waals surface area contributed by atoms with Gasteiger partial charge in [0.15, 0.2) is 0 Å². The van der Waals surface area contributed by atoms with Gasteiger partial charge in [-0.05, 0) is 13.0 Å². The van der Waals surface area contributed by atoms with Crippen molar-refractivity contribution < 1.29 is 9.53 Å². The van der Waals surface area contributed by atoms with Crippen LogP contribution < -0.4 is 10.5 Å². The number of rotatable bonds is 2. The number of carbonyl (C=O) groups excluding carboxylic acids is 1. The highest BCUT2D eigenvalue weighted by Crippen LogP contribution is 2.03. The molecule has 4 heteroatoms. The summed E-state index contributed by atoms with van der Waals surface area (Å²) in [5, 5.41) is 0. The fraction of sp³-hybridized carbons (Fsp3) is 0.250. The van der Waals surface area contributed by atoms with Crippen molar-refractivity contribution in [2.24, 2.45) is 5.73 Å². The molecule has 1 aromatic rings. The molecule has 64 valence electrons. The van der Waals surface area contributed by atoms with Gasteiger partial charge in [0, 0.05) is 12.3 Å². The zero-order valence-electron chi connectivity index (χ0n) is 6.73. The third kappa shape index (κ3) is 2.32. The summed E-state index contributed by atoms with van der Waals surface area (Å²) in [4.78, 5) is 14.7. The first kappa shape index (κ1) is 8.67. The van der Waals surface area contributed by atoms with Gasteiger partial charge in [0.05, 0.1) is 0 Å². The van der Waals surface area contributed by atoms with Gasteiger partial charge in [0.1, 0.15) is 6.04 Å². The predicted octanol–water partition coefficient (Wildman–Crippen LogP) is 0.334. The quantitative estimate of drug-likeness (QED) is 0.643. The minimum Gasteiger partial charge on any atom is -0.406 e. The number of carbonyl (C=O) groups is 1. The maximum atomic E-state index is 10.9. The second-order valence-corrected chi connectivity index (χ2v) is 2.38. The molecule has 0 aliphatic heterocycles. The highest BCUT2D eigenvalue weighted by atomic mass is 16.5. The van der Waals surface area contributed by atoms with Crippen molar-refractivity contribution in [2.45, 2.75) is 13.0 Å². The number of hydrogen-bond acceptors (Lipinski definition) is 4. The zero-order valence-corrected chi connectivity index (χ0v) is 6.73. The lowest BCUT2D eigenvalue weighted by atomic mass is 10.4. The van der Waals surface area contributed by atoms with Crippen LogP contribution in [0.3, 0.4) is 0 Å². The van der Waals surface area contributed by atoms with E-state index in [9.17, 15) is 4.79 Å². The molecule has 1 heterocycles. The van der Waals surface area contributed by atoms with Crippen LogP contribution in [0.2, 0.25) is 0 Å². The fourth-order valence-electron chi connectivity index (χ4n) is 0.603. The molecular formula is C8H10N2O2. The summed E-state index contributed by atoms with van der Waals surface area (Å²) >= 11 is 0. The standard InChI is InChI=1S/C8H10N2O2/c1-6(9)8(11)12-7-4-2-3-5-10-7/h2-6H,9H2,1H3/t6-/m0/s1. The summed E-state index contributed by atoms with van der Waals surface area (Å²) in [5.74, 6) is -0.200. The third-order valence-electron chi connectivity index (χ3n) is 1.21. The monoisotopic (exact) mass is 166 g/mol. The first-order valence-corrected chi connectivity index (χ1v) is 3.58. The molecule has 0 aromatic carbocycles. The minimum atomic E-state index is -0.619.